The number of hydrogen-bond donors (Lipinski definition) is 2. The average molecular weight is 631 g/mol. The van der Waals surface area contributed by atoms with Crippen molar-refractivity contribution in [2.24, 2.45) is 0 Å². The normalized spacial score (nSPS) is 18.8. The molecule has 1 unspecified atom stereocenters. The van der Waals surface area contributed by atoms with Gasteiger partial charge in [0.05, 0.1) is 29.6 Å². The van der Waals surface area contributed by atoms with Gasteiger partial charge in [-0.25, -0.2) is 24.2 Å². The Balaban J connectivity index is 1.28. The molecule has 1 saturated carbocycles. The lowest BCUT2D eigenvalue weighted by molar-refractivity contribution is 0.0260. The number of aromatic nitrogens is 7. The van der Waals surface area contributed by atoms with Crippen molar-refractivity contribution in [1.82, 2.24) is 34.5 Å². The third-order valence-electron chi connectivity index (χ3n) is 6.54. The zero-order chi connectivity index (χ0) is 30.6. The number of carbonyl (C=O) groups is 1. The average Bonchev–Trinajstić information content (AvgIpc) is 3.72. The minimum absolute atomic E-state index is 0.177. The third-order valence-corrected chi connectivity index (χ3v) is 8.65. The second-order valence-corrected chi connectivity index (χ2v) is 13.3. The molecule has 0 aliphatic heterocycles. The van der Waals surface area contributed by atoms with Crippen LogP contribution in [0.3, 0.4) is 0 Å². The molecule has 14 nitrogen and oxygen atoms in total. The largest absolute Gasteiger partial charge is 0.474 e. The van der Waals surface area contributed by atoms with E-state index in [1.54, 1.807) is 50.8 Å². The summed E-state index contributed by atoms with van der Waals surface area (Å²) in [7, 11) is -4.27. The van der Waals surface area contributed by atoms with E-state index in [1.807, 2.05) is 17.8 Å². The molecule has 2 N–H and O–H groups in total. The van der Waals surface area contributed by atoms with Crippen LogP contribution >= 0.6 is 19.2 Å². The molecule has 1 amide bonds. The number of ether oxygens (including phenoxy) is 1. The number of hydrogen-bond acceptors (Lipinski definition) is 11. The lowest BCUT2D eigenvalue weighted by Crippen LogP contribution is -2.24. The molecule has 0 spiro atoms. The predicted octanol–water partition coefficient (Wildman–Crippen LogP) is 5.32. The van der Waals surface area contributed by atoms with E-state index in [0.29, 0.717) is 34.4 Å². The van der Waals surface area contributed by atoms with Crippen molar-refractivity contribution in [3.8, 4) is 22.1 Å². The SMILES string of the molecule is CCO[C@H]1CC[C@H](n2cc(NC(=O)c3csc(-c4cnn(COP(=O)(O)OC(C)(C)C)c4)n3)c(-c3ncccn3)n2)CC1. The van der Waals surface area contributed by atoms with E-state index < -0.39 is 19.3 Å². The van der Waals surface area contributed by atoms with Crippen LogP contribution in [0.1, 0.15) is 69.9 Å². The van der Waals surface area contributed by atoms with Gasteiger partial charge in [-0.05, 0) is 59.4 Å². The first kappa shape index (κ1) is 31.1. The van der Waals surface area contributed by atoms with Gasteiger partial charge in [0.1, 0.15) is 10.7 Å². The zero-order valence-electron chi connectivity index (χ0n) is 24.4. The molecular formula is C27H35N8O6PS. The van der Waals surface area contributed by atoms with Gasteiger partial charge in [0, 0.05) is 42.3 Å². The van der Waals surface area contributed by atoms with Crippen molar-refractivity contribution >= 4 is 30.8 Å². The van der Waals surface area contributed by atoms with Gasteiger partial charge in [0.15, 0.2) is 18.2 Å². The summed E-state index contributed by atoms with van der Waals surface area (Å²) in [4.78, 5) is 36.4. The first-order chi connectivity index (χ1) is 20.5. The Labute approximate surface area is 253 Å². The van der Waals surface area contributed by atoms with Crippen molar-refractivity contribution in [3.63, 3.8) is 0 Å². The topological polar surface area (TPSA) is 168 Å². The van der Waals surface area contributed by atoms with Gasteiger partial charge >= 0.3 is 7.82 Å². The summed E-state index contributed by atoms with van der Waals surface area (Å²) in [5, 5.41) is 14.1. The van der Waals surface area contributed by atoms with Crippen molar-refractivity contribution < 1.29 is 28.0 Å². The summed E-state index contributed by atoms with van der Waals surface area (Å²) in [5.41, 5.74) is 0.954. The number of carbonyl (C=O) groups excluding carboxylic acids is 1. The molecule has 1 aliphatic rings. The lowest BCUT2D eigenvalue weighted by Gasteiger charge is -2.28. The van der Waals surface area contributed by atoms with Crippen LogP contribution in [0.15, 0.2) is 42.4 Å². The van der Waals surface area contributed by atoms with Crippen LogP contribution in [0.2, 0.25) is 0 Å². The van der Waals surface area contributed by atoms with E-state index in [1.165, 1.54) is 22.2 Å². The maximum atomic E-state index is 13.3. The van der Waals surface area contributed by atoms with Crippen LogP contribution in [0.4, 0.5) is 5.69 Å². The second-order valence-electron chi connectivity index (χ2n) is 11.0. The molecule has 230 valence electrons. The van der Waals surface area contributed by atoms with Crippen molar-refractivity contribution in [2.45, 2.75) is 77.9 Å². The van der Waals surface area contributed by atoms with Gasteiger partial charge in [-0.2, -0.15) is 10.2 Å². The number of thiazole rings is 1. The van der Waals surface area contributed by atoms with E-state index in [0.717, 1.165) is 25.7 Å². The van der Waals surface area contributed by atoms with E-state index in [2.05, 4.69) is 25.4 Å². The number of phosphoric acid groups is 1. The maximum Gasteiger partial charge on any atom is 0.474 e. The van der Waals surface area contributed by atoms with E-state index >= 15 is 0 Å². The molecule has 43 heavy (non-hydrogen) atoms. The van der Waals surface area contributed by atoms with Crippen LogP contribution < -0.4 is 5.32 Å². The van der Waals surface area contributed by atoms with Crippen LogP contribution in [0.5, 0.6) is 0 Å². The first-order valence-electron chi connectivity index (χ1n) is 14.0. The Morgan fingerprint density at radius 3 is 2.63 bits per heavy atom. The van der Waals surface area contributed by atoms with E-state index in [-0.39, 0.29) is 24.6 Å². The predicted molar refractivity (Wildman–Crippen MR) is 159 cm³/mol. The Hall–Kier alpha value is -3.33. The number of nitrogens with zero attached hydrogens (tertiary/aromatic N) is 7. The van der Waals surface area contributed by atoms with Gasteiger partial charge in [-0.1, -0.05) is 0 Å². The molecule has 0 bridgehead atoms. The molecule has 1 atom stereocenters. The molecule has 4 aromatic heterocycles. The highest BCUT2D eigenvalue weighted by Gasteiger charge is 2.29. The van der Waals surface area contributed by atoms with E-state index in [4.69, 9.17) is 18.9 Å². The second kappa shape index (κ2) is 13.1. The zero-order valence-corrected chi connectivity index (χ0v) is 26.1. The van der Waals surface area contributed by atoms with Crippen molar-refractivity contribution in [2.75, 3.05) is 11.9 Å². The minimum atomic E-state index is -4.27. The fourth-order valence-corrected chi connectivity index (χ4v) is 6.50. The molecule has 5 rings (SSSR count). The van der Waals surface area contributed by atoms with Crippen molar-refractivity contribution in [3.05, 3.63) is 48.1 Å². The lowest BCUT2D eigenvalue weighted by atomic mass is 9.93. The quantitative estimate of drug-likeness (QED) is 0.206. The highest BCUT2D eigenvalue weighted by molar-refractivity contribution is 7.47. The molecule has 4 heterocycles. The molecule has 4 aromatic rings. The molecule has 0 aromatic carbocycles. The fourth-order valence-electron chi connectivity index (χ4n) is 4.71. The molecule has 1 fully saturated rings. The number of anilines is 1. The maximum absolute atomic E-state index is 13.3. The number of amides is 1. The summed E-state index contributed by atoms with van der Waals surface area (Å²) in [6, 6.07) is 1.90. The fraction of sp³-hybridized carbons (Fsp3) is 0.481. The van der Waals surface area contributed by atoms with Crippen LogP contribution in [-0.4, -0.2) is 63.6 Å². The van der Waals surface area contributed by atoms with Crippen molar-refractivity contribution in [1.29, 1.82) is 0 Å². The standard InChI is InChI=1S/C27H35N8O6PS/c1-5-39-20-9-7-19(8-10-20)35-15-21(23(33-35)24-28-11-6-12-29-24)31-25(36)22-16-43-26(32-22)18-13-30-34(14-18)17-40-42(37,38)41-27(2,3)4/h6,11-16,19-20H,5,7-10,17H2,1-4H3,(H,31,36)(H,37,38)/t19-,20-. The monoisotopic (exact) mass is 630 g/mol. The van der Waals surface area contributed by atoms with Gasteiger partial charge in [0.25, 0.3) is 5.91 Å². The van der Waals surface area contributed by atoms with Gasteiger partial charge < -0.3 is 14.9 Å². The first-order valence-corrected chi connectivity index (χ1v) is 16.3. The Bertz CT molecular complexity index is 1580. The third kappa shape index (κ3) is 8.19. The summed E-state index contributed by atoms with van der Waals surface area (Å²) in [6.45, 7) is 7.37. The summed E-state index contributed by atoms with van der Waals surface area (Å²) in [5.74, 6) is 0.00374. The summed E-state index contributed by atoms with van der Waals surface area (Å²) < 4.78 is 31.3. The number of phosphoric ester groups is 1. The van der Waals surface area contributed by atoms with Gasteiger partial charge in [-0.15, -0.1) is 11.3 Å². The molecule has 1 aliphatic carbocycles. The highest BCUT2D eigenvalue weighted by Crippen LogP contribution is 2.47. The smallest absolute Gasteiger partial charge is 0.379 e. The molecule has 0 saturated heterocycles. The Kier molecular flexibility index (Phi) is 9.49. The number of rotatable bonds is 11. The summed E-state index contributed by atoms with van der Waals surface area (Å²) in [6.07, 6.45) is 12.2. The van der Waals surface area contributed by atoms with E-state index in [9.17, 15) is 14.3 Å². The number of nitrogens with one attached hydrogen (secondary N) is 1. The van der Waals surface area contributed by atoms with Crippen LogP contribution in [-0.2, 0) is 25.1 Å². The van der Waals surface area contributed by atoms with Crippen LogP contribution in [0, 0.1) is 0 Å². The molecule has 0 radical (unpaired) electrons. The molecule has 16 heteroatoms. The Morgan fingerprint density at radius 1 is 1.19 bits per heavy atom. The van der Waals surface area contributed by atoms with Crippen LogP contribution in [0.25, 0.3) is 22.1 Å². The Morgan fingerprint density at radius 2 is 1.93 bits per heavy atom. The molecular weight excluding hydrogens is 595 g/mol. The van der Waals surface area contributed by atoms with Gasteiger partial charge in [0.2, 0.25) is 0 Å². The van der Waals surface area contributed by atoms with Gasteiger partial charge in [-0.3, -0.25) is 18.5 Å². The minimum Gasteiger partial charge on any atom is -0.379 e. The highest BCUT2D eigenvalue weighted by atomic mass is 32.1. The summed E-state index contributed by atoms with van der Waals surface area (Å²) >= 11 is 1.27.